The largest absolute Gasteiger partial charge is 0.461 e. The summed E-state index contributed by atoms with van der Waals surface area (Å²) in [7, 11) is 0. The van der Waals surface area contributed by atoms with Crippen LogP contribution in [0, 0.1) is 12.7 Å². The van der Waals surface area contributed by atoms with Crippen molar-refractivity contribution in [3.63, 3.8) is 0 Å². The average molecular weight is 302 g/mol. The number of benzene rings is 1. The molecule has 1 fully saturated rings. The number of nitrogens with zero attached hydrogens (tertiary/aromatic N) is 2. The van der Waals surface area contributed by atoms with Crippen molar-refractivity contribution < 1.29 is 13.9 Å². The van der Waals surface area contributed by atoms with Crippen LogP contribution >= 0.6 is 0 Å². The van der Waals surface area contributed by atoms with Gasteiger partial charge in [0.15, 0.2) is 5.69 Å². The molecule has 0 unspecified atom stereocenters. The minimum absolute atomic E-state index is 0.255. The van der Waals surface area contributed by atoms with E-state index in [0.717, 1.165) is 24.1 Å². The first-order valence-electron chi connectivity index (χ1n) is 7.59. The van der Waals surface area contributed by atoms with E-state index < -0.39 is 5.97 Å². The van der Waals surface area contributed by atoms with Gasteiger partial charge in [0, 0.05) is 22.7 Å². The predicted octanol–water partition coefficient (Wildman–Crippen LogP) is 3.43. The number of hydrogen-bond acceptors (Lipinski definition) is 3. The summed E-state index contributed by atoms with van der Waals surface area (Å²) in [5.74, 6) is -0.244. The molecule has 1 aromatic carbocycles. The number of halogens is 1. The average Bonchev–Trinajstić information content (AvgIpc) is 3.26. The van der Waals surface area contributed by atoms with Crippen molar-refractivity contribution >= 4 is 5.97 Å². The number of esters is 1. The highest BCUT2D eigenvalue weighted by Crippen LogP contribution is 2.42. The van der Waals surface area contributed by atoms with E-state index in [1.54, 1.807) is 29.8 Å². The zero-order chi connectivity index (χ0) is 15.7. The Balaban J connectivity index is 1.98. The van der Waals surface area contributed by atoms with E-state index in [4.69, 9.17) is 4.74 Å². The lowest BCUT2D eigenvalue weighted by atomic mass is 10.1. The first-order valence-corrected chi connectivity index (χ1v) is 7.59. The van der Waals surface area contributed by atoms with Gasteiger partial charge in [-0.1, -0.05) is 18.2 Å². The third kappa shape index (κ3) is 2.75. The Labute approximate surface area is 128 Å². The van der Waals surface area contributed by atoms with Gasteiger partial charge in [-0.3, -0.25) is 4.68 Å². The molecule has 0 amide bonds. The van der Waals surface area contributed by atoms with E-state index in [-0.39, 0.29) is 5.82 Å². The number of carbonyl (C=O) groups is 1. The lowest BCUT2D eigenvalue weighted by Gasteiger charge is -2.08. The Morgan fingerprint density at radius 1 is 1.41 bits per heavy atom. The van der Waals surface area contributed by atoms with Crippen molar-refractivity contribution in [2.45, 2.75) is 39.2 Å². The highest BCUT2D eigenvalue weighted by molar-refractivity contribution is 5.89. The number of hydrogen-bond donors (Lipinski definition) is 0. The van der Waals surface area contributed by atoms with Gasteiger partial charge in [-0.15, -0.1) is 0 Å². The molecule has 1 saturated carbocycles. The van der Waals surface area contributed by atoms with Crippen molar-refractivity contribution in [3.8, 4) is 0 Å². The van der Waals surface area contributed by atoms with Crippen LogP contribution in [0.4, 0.5) is 4.39 Å². The monoisotopic (exact) mass is 302 g/mol. The molecule has 0 atom stereocenters. The second-order valence-electron chi connectivity index (χ2n) is 5.60. The van der Waals surface area contributed by atoms with Crippen molar-refractivity contribution in [1.82, 2.24) is 9.78 Å². The van der Waals surface area contributed by atoms with Crippen LogP contribution < -0.4 is 0 Å². The molecule has 5 heteroatoms. The van der Waals surface area contributed by atoms with Crippen LogP contribution in [0.5, 0.6) is 0 Å². The Bertz CT molecular complexity index is 705. The maximum atomic E-state index is 13.9. The highest BCUT2D eigenvalue weighted by Gasteiger charge is 2.32. The summed E-state index contributed by atoms with van der Waals surface area (Å²) in [5.41, 5.74) is 2.81. The minimum Gasteiger partial charge on any atom is -0.461 e. The van der Waals surface area contributed by atoms with Crippen LogP contribution in [0.3, 0.4) is 0 Å². The SMILES string of the molecule is CCOC(=O)c1nn(Cc2ccccc2F)c(C2CC2)c1C. The van der Waals surface area contributed by atoms with Gasteiger partial charge in [0.25, 0.3) is 0 Å². The van der Waals surface area contributed by atoms with E-state index in [9.17, 15) is 9.18 Å². The van der Waals surface area contributed by atoms with E-state index in [1.165, 1.54) is 6.07 Å². The van der Waals surface area contributed by atoms with Crippen LogP contribution in [0.2, 0.25) is 0 Å². The molecular formula is C17H19FN2O2. The molecule has 2 aromatic rings. The fraction of sp³-hybridized carbons (Fsp3) is 0.412. The zero-order valence-electron chi connectivity index (χ0n) is 12.8. The minimum atomic E-state index is -0.408. The van der Waals surface area contributed by atoms with E-state index >= 15 is 0 Å². The maximum Gasteiger partial charge on any atom is 0.359 e. The summed E-state index contributed by atoms with van der Waals surface area (Å²) in [6.07, 6.45) is 2.18. The second kappa shape index (κ2) is 5.91. The molecule has 116 valence electrons. The molecule has 0 radical (unpaired) electrons. The van der Waals surface area contributed by atoms with Gasteiger partial charge < -0.3 is 4.74 Å². The fourth-order valence-corrected chi connectivity index (χ4v) is 2.74. The normalized spacial score (nSPS) is 14.1. The Hall–Kier alpha value is -2.17. The smallest absolute Gasteiger partial charge is 0.359 e. The van der Waals surface area contributed by atoms with Gasteiger partial charge in [0.05, 0.1) is 13.2 Å². The van der Waals surface area contributed by atoms with Crippen molar-refractivity contribution in [2.75, 3.05) is 6.61 Å². The molecule has 0 N–H and O–H groups in total. The summed E-state index contributed by atoms with van der Waals surface area (Å²) < 4.78 is 20.7. The topological polar surface area (TPSA) is 44.1 Å². The Morgan fingerprint density at radius 2 is 2.14 bits per heavy atom. The van der Waals surface area contributed by atoms with E-state index in [0.29, 0.717) is 30.3 Å². The number of rotatable bonds is 5. The highest BCUT2D eigenvalue weighted by atomic mass is 19.1. The van der Waals surface area contributed by atoms with Gasteiger partial charge >= 0.3 is 5.97 Å². The lowest BCUT2D eigenvalue weighted by Crippen LogP contribution is -2.09. The number of aromatic nitrogens is 2. The molecule has 1 heterocycles. The third-order valence-electron chi connectivity index (χ3n) is 3.95. The molecule has 1 aliphatic rings. The third-order valence-corrected chi connectivity index (χ3v) is 3.95. The second-order valence-corrected chi connectivity index (χ2v) is 5.60. The van der Waals surface area contributed by atoms with Crippen molar-refractivity contribution in [3.05, 3.63) is 52.6 Å². The van der Waals surface area contributed by atoms with E-state index in [1.807, 2.05) is 6.92 Å². The maximum absolute atomic E-state index is 13.9. The number of carbonyl (C=O) groups excluding carboxylic acids is 1. The quantitative estimate of drug-likeness (QED) is 0.795. The zero-order valence-corrected chi connectivity index (χ0v) is 12.8. The molecule has 0 spiro atoms. The molecule has 0 bridgehead atoms. The van der Waals surface area contributed by atoms with Crippen LogP contribution in [-0.2, 0) is 11.3 Å². The van der Waals surface area contributed by atoms with Crippen LogP contribution in [-0.4, -0.2) is 22.4 Å². The van der Waals surface area contributed by atoms with E-state index in [2.05, 4.69) is 5.10 Å². The van der Waals surface area contributed by atoms with Gasteiger partial charge in [-0.2, -0.15) is 5.10 Å². The first-order chi connectivity index (χ1) is 10.6. The number of ether oxygens (including phenoxy) is 1. The van der Waals surface area contributed by atoms with Crippen LogP contribution in [0.25, 0.3) is 0 Å². The molecule has 22 heavy (non-hydrogen) atoms. The van der Waals surface area contributed by atoms with Gasteiger partial charge in [-0.25, -0.2) is 9.18 Å². The first kappa shape index (κ1) is 14.8. The molecule has 0 aliphatic heterocycles. The summed E-state index contributed by atoms with van der Waals surface area (Å²) in [6.45, 7) is 4.31. The summed E-state index contributed by atoms with van der Waals surface area (Å²) >= 11 is 0. The van der Waals surface area contributed by atoms with Gasteiger partial charge in [0.1, 0.15) is 5.82 Å². The molecule has 1 aliphatic carbocycles. The van der Waals surface area contributed by atoms with Crippen LogP contribution in [0.15, 0.2) is 24.3 Å². The molecule has 0 saturated heterocycles. The Morgan fingerprint density at radius 3 is 2.77 bits per heavy atom. The molecule has 1 aromatic heterocycles. The molecule has 4 nitrogen and oxygen atoms in total. The molecule has 3 rings (SSSR count). The Kier molecular flexibility index (Phi) is 3.96. The van der Waals surface area contributed by atoms with Crippen molar-refractivity contribution in [1.29, 1.82) is 0 Å². The summed E-state index contributed by atoms with van der Waals surface area (Å²) in [4.78, 5) is 12.0. The predicted molar refractivity (Wildman–Crippen MR) is 80.4 cm³/mol. The summed E-state index contributed by atoms with van der Waals surface area (Å²) in [5, 5.41) is 4.40. The fourth-order valence-electron chi connectivity index (χ4n) is 2.74. The summed E-state index contributed by atoms with van der Waals surface area (Å²) in [6, 6.07) is 6.65. The lowest BCUT2D eigenvalue weighted by molar-refractivity contribution is 0.0517. The standard InChI is InChI=1S/C17H19FN2O2/c1-3-22-17(21)15-11(2)16(12-8-9-12)20(19-15)10-13-6-4-5-7-14(13)18/h4-7,12H,3,8-10H2,1-2H3. The molecular weight excluding hydrogens is 283 g/mol. The van der Waals surface area contributed by atoms with Gasteiger partial charge in [-0.05, 0) is 32.8 Å². The van der Waals surface area contributed by atoms with Gasteiger partial charge in [0.2, 0.25) is 0 Å². The van der Waals surface area contributed by atoms with Crippen molar-refractivity contribution in [2.24, 2.45) is 0 Å². The van der Waals surface area contributed by atoms with Crippen LogP contribution in [0.1, 0.15) is 53.0 Å².